The fourth-order valence-corrected chi connectivity index (χ4v) is 6.23. The topological polar surface area (TPSA) is 94.2 Å². The van der Waals surface area contributed by atoms with Crippen LogP contribution >= 0.6 is 0 Å². The Kier molecular flexibility index (Phi) is 12.7. The lowest BCUT2D eigenvalue weighted by Gasteiger charge is -2.47. The molecule has 2 aromatic carbocycles. The molecule has 0 radical (unpaired) electrons. The number of carbonyl (C=O) groups is 3. The maximum Gasteiger partial charge on any atom is 0.337 e. The number of anilines is 1. The minimum Gasteiger partial charge on any atom is -0.465 e. The molecule has 2 aromatic rings. The summed E-state index contributed by atoms with van der Waals surface area (Å²) in [4.78, 5) is 39.0. The number of methoxy groups -OCH3 is 2. The lowest BCUT2D eigenvalue weighted by molar-refractivity contribution is -0.172. The molecule has 0 bridgehead atoms. The van der Waals surface area contributed by atoms with Gasteiger partial charge in [-0.2, -0.15) is 0 Å². The van der Waals surface area contributed by atoms with Gasteiger partial charge >= 0.3 is 11.9 Å². The molecule has 0 spiro atoms. The fraction of sp³-hybridized carbons (Fsp3) is 0.559. The van der Waals surface area contributed by atoms with E-state index in [1.165, 1.54) is 20.3 Å². The number of aryl methyl sites for hydroxylation is 1. The molecular weight excluding hydrogens is 551 g/mol. The smallest absolute Gasteiger partial charge is 0.337 e. The Balaban J connectivity index is 1.55. The molecule has 1 aliphatic carbocycles. The number of nitrogens with zero attached hydrogens (tertiary/aromatic N) is 1. The van der Waals surface area contributed by atoms with Crippen molar-refractivity contribution < 1.29 is 33.0 Å². The number of hydrogen-bond donors (Lipinski definition) is 1. The van der Waals surface area contributed by atoms with Crippen molar-refractivity contribution in [3.05, 3.63) is 65.0 Å². The van der Waals surface area contributed by atoms with Crippen LogP contribution in [0.2, 0.25) is 0 Å². The summed E-state index contributed by atoms with van der Waals surface area (Å²) in [6, 6.07) is 11.8. The van der Waals surface area contributed by atoms with Gasteiger partial charge < -0.3 is 24.4 Å². The molecule has 0 heterocycles. The molecule has 9 heteroatoms. The van der Waals surface area contributed by atoms with Crippen molar-refractivity contribution in [3.63, 3.8) is 0 Å². The van der Waals surface area contributed by atoms with Crippen LogP contribution in [0.3, 0.4) is 0 Å². The fourth-order valence-electron chi connectivity index (χ4n) is 6.23. The Labute approximate surface area is 255 Å². The molecule has 0 saturated carbocycles. The van der Waals surface area contributed by atoms with Gasteiger partial charge in [-0.05, 0) is 93.1 Å². The highest BCUT2D eigenvalue weighted by Crippen LogP contribution is 2.48. The number of ether oxygens (including phenoxy) is 3. The van der Waals surface area contributed by atoms with Crippen LogP contribution in [0.5, 0.6) is 0 Å². The Hall–Kier alpha value is -3.30. The van der Waals surface area contributed by atoms with Gasteiger partial charge in [-0.3, -0.25) is 4.79 Å². The van der Waals surface area contributed by atoms with E-state index in [0.717, 1.165) is 36.9 Å². The zero-order valence-corrected chi connectivity index (χ0v) is 26.4. The molecule has 3 rings (SSSR count). The van der Waals surface area contributed by atoms with Crippen LogP contribution in [-0.4, -0.2) is 68.8 Å². The summed E-state index contributed by atoms with van der Waals surface area (Å²) in [6.07, 6.45) is 4.90. The maximum atomic E-state index is 14.0. The summed E-state index contributed by atoms with van der Waals surface area (Å²) >= 11 is 0. The van der Waals surface area contributed by atoms with Crippen molar-refractivity contribution in [2.24, 2.45) is 5.92 Å². The van der Waals surface area contributed by atoms with E-state index in [1.807, 2.05) is 6.07 Å². The summed E-state index contributed by atoms with van der Waals surface area (Å²) < 4.78 is 30.1. The number of benzene rings is 2. The second kappa shape index (κ2) is 16.0. The van der Waals surface area contributed by atoms with Gasteiger partial charge in [-0.25, -0.2) is 14.0 Å². The average molecular weight is 599 g/mol. The van der Waals surface area contributed by atoms with Crippen molar-refractivity contribution in [1.82, 2.24) is 4.90 Å². The predicted molar refractivity (Wildman–Crippen MR) is 165 cm³/mol. The van der Waals surface area contributed by atoms with Crippen molar-refractivity contribution in [2.75, 3.05) is 39.7 Å². The van der Waals surface area contributed by atoms with Gasteiger partial charge in [0.15, 0.2) is 0 Å². The third-order valence-corrected chi connectivity index (χ3v) is 8.58. The standard InChI is InChI=1S/C34H47FN2O6/c1-23(2)32-29-16-13-27(35)21-26(29)17-18-34(32,43-31(39)22-41-5)19-20-37(4)24(3)9-7-8-10-30(38)36-28-14-11-25(12-15-28)33(40)42-6/h11-16,21,23-24,32H,7-10,17-20,22H2,1-6H3,(H,36,38)/t24?,32-,34-/m1/s1. The van der Waals surface area contributed by atoms with Crippen LogP contribution in [0.4, 0.5) is 10.1 Å². The van der Waals surface area contributed by atoms with Crippen molar-refractivity contribution in [1.29, 1.82) is 0 Å². The number of nitrogens with one attached hydrogen (secondary N) is 1. The maximum absolute atomic E-state index is 14.0. The first kappa shape index (κ1) is 34.2. The molecule has 1 aliphatic rings. The van der Waals surface area contributed by atoms with E-state index in [0.29, 0.717) is 36.9 Å². The molecule has 3 atom stereocenters. The minimum atomic E-state index is -0.713. The Morgan fingerprint density at radius 1 is 1.07 bits per heavy atom. The van der Waals surface area contributed by atoms with Gasteiger partial charge in [0.1, 0.15) is 18.0 Å². The molecule has 0 aliphatic heterocycles. The van der Waals surface area contributed by atoms with E-state index in [2.05, 4.69) is 38.0 Å². The van der Waals surface area contributed by atoms with E-state index in [1.54, 1.807) is 30.3 Å². The first-order chi connectivity index (χ1) is 20.5. The van der Waals surface area contributed by atoms with Crippen LogP contribution in [0.1, 0.15) is 86.7 Å². The quantitative estimate of drug-likeness (QED) is 0.195. The van der Waals surface area contributed by atoms with Gasteiger partial charge in [-0.15, -0.1) is 0 Å². The second-order valence-electron chi connectivity index (χ2n) is 12.0. The first-order valence-corrected chi connectivity index (χ1v) is 15.2. The Morgan fingerprint density at radius 2 is 1.79 bits per heavy atom. The van der Waals surface area contributed by atoms with Gasteiger partial charge in [0, 0.05) is 44.1 Å². The summed E-state index contributed by atoms with van der Waals surface area (Å²) in [5.41, 5.74) is 2.40. The lowest BCUT2D eigenvalue weighted by atomic mass is 9.65. The van der Waals surface area contributed by atoms with E-state index in [4.69, 9.17) is 14.2 Å². The molecule has 43 heavy (non-hydrogen) atoms. The predicted octanol–water partition coefficient (Wildman–Crippen LogP) is 6.14. The van der Waals surface area contributed by atoms with E-state index < -0.39 is 11.6 Å². The second-order valence-corrected chi connectivity index (χ2v) is 12.0. The summed E-state index contributed by atoms with van der Waals surface area (Å²) in [6.45, 7) is 7.04. The number of carbonyl (C=O) groups excluding carboxylic acids is 3. The highest BCUT2D eigenvalue weighted by molar-refractivity contribution is 5.93. The average Bonchev–Trinajstić information content (AvgIpc) is 2.97. The minimum absolute atomic E-state index is 0.0588. The van der Waals surface area contributed by atoms with E-state index in [-0.39, 0.29) is 42.2 Å². The Morgan fingerprint density at radius 3 is 2.44 bits per heavy atom. The number of halogens is 1. The summed E-state index contributed by atoms with van der Waals surface area (Å²) in [5, 5.41) is 2.87. The molecule has 236 valence electrons. The SMILES string of the molecule is COCC(=O)O[C@@]1(CCN(C)C(C)CCCCC(=O)Nc2ccc(C(=O)OC)cc2)CCc2cc(F)ccc2[C@H]1C(C)C. The third kappa shape index (κ3) is 9.34. The van der Waals surface area contributed by atoms with Crippen molar-refractivity contribution in [3.8, 4) is 0 Å². The molecule has 1 N–H and O–H groups in total. The summed E-state index contributed by atoms with van der Waals surface area (Å²) in [5.74, 6) is -0.989. The number of fused-ring (bicyclic) bond motifs is 1. The van der Waals surface area contributed by atoms with Crippen molar-refractivity contribution in [2.45, 2.75) is 83.3 Å². The van der Waals surface area contributed by atoms with Gasteiger partial charge in [-0.1, -0.05) is 26.3 Å². The van der Waals surface area contributed by atoms with E-state index >= 15 is 0 Å². The van der Waals surface area contributed by atoms with Crippen LogP contribution in [0.25, 0.3) is 0 Å². The highest BCUT2D eigenvalue weighted by Gasteiger charge is 2.47. The van der Waals surface area contributed by atoms with Crippen LogP contribution < -0.4 is 5.32 Å². The lowest BCUT2D eigenvalue weighted by Crippen LogP contribution is -2.49. The zero-order valence-electron chi connectivity index (χ0n) is 26.4. The van der Waals surface area contributed by atoms with Crippen LogP contribution in [0.15, 0.2) is 42.5 Å². The summed E-state index contributed by atoms with van der Waals surface area (Å²) in [7, 11) is 4.89. The highest BCUT2D eigenvalue weighted by atomic mass is 19.1. The molecule has 1 amide bonds. The number of hydrogen-bond acceptors (Lipinski definition) is 7. The molecule has 0 saturated heterocycles. The molecule has 0 aromatic heterocycles. The van der Waals surface area contributed by atoms with Gasteiger partial charge in [0.2, 0.25) is 5.91 Å². The van der Waals surface area contributed by atoms with Crippen LogP contribution in [0, 0.1) is 11.7 Å². The van der Waals surface area contributed by atoms with Gasteiger partial charge in [0.25, 0.3) is 0 Å². The largest absolute Gasteiger partial charge is 0.465 e. The number of amides is 1. The van der Waals surface area contributed by atoms with Gasteiger partial charge in [0.05, 0.1) is 12.7 Å². The molecular formula is C34H47FN2O6. The zero-order chi connectivity index (χ0) is 31.6. The Bertz CT molecular complexity index is 1230. The number of unbranched alkanes of at least 4 members (excludes halogenated alkanes) is 1. The number of rotatable bonds is 15. The molecule has 8 nitrogen and oxygen atoms in total. The monoisotopic (exact) mass is 598 g/mol. The third-order valence-electron chi connectivity index (χ3n) is 8.58. The first-order valence-electron chi connectivity index (χ1n) is 15.2. The normalized spacial score (nSPS) is 18.7. The van der Waals surface area contributed by atoms with E-state index in [9.17, 15) is 18.8 Å². The molecule has 1 unspecified atom stereocenters. The number of esters is 2. The van der Waals surface area contributed by atoms with Crippen LogP contribution in [-0.2, 0) is 30.2 Å². The van der Waals surface area contributed by atoms with Crippen molar-refractivity contribution >= 4 is 23.5 Å². The molecule has 0 fully saturated rings.